The molecule has 3 aromatic rings. The minimum Gasteiger partial charge on any atom is -0.282 e. The zero-order valence-electron chi connectivity index (χ0n) is 13.9. The highest BCUT2D eigenvalue weighted by molar-refractivity contribution is 9.11. The summed E-state index contributed by atoms with van der Waals surface area (Å²) in [4.78, 5) is 0.934. The molecule has 0 aliphatic heterocycles. The Bertz CT molecular complexity index is 1140. The van der Waals surface area contributed by atoms with Crippen LogP contribution in [0.2, 0.25) is 10.0 Å². The van der Waals surface area contributed by atoms with Crippen molar-refractivity contribution >= 4 is 66.7 Å². The predicted molar refractivity (Wildman–Crippen MR) is 115 cm³/mol. The molecular weight excluding hydrogens is 495 g/mol. The van der Waals surface area contributed by atoms with Crippen LogP contribution >= 0.6 is 50.5 Å². The number of hydrogen-bond donors (Lipinski definition) is 1. The summed E-state index contributed by atoms with van der Waals surface area (Å²) in [6.07, 6.45) is 1.88. The van der Waals surface area contributed by atoms with Gasteiger partial charge in [0.2, 0.25) is 0 Å². The fourth-order valence-electron chi connectivity index (χ4n) is 2.62. The Hall–Kier alpha value is -1.16. The van der Waals surface area contributed by atoms with Crippen LogP contribution in [0.15, 0.2) is 39.5 Å². The van der Waals surface area contributed by atoms with Crippen molar-refractivity contribution < 1.29 is 13.0 Å². The Morgan fingerprint density at radius 3 is 2.59 bits per heavy atom. The van der Waals surface area contributed by atoms with Gasteiger partial charge in [-0.25, -0.2) is 4.68 Å². The van der Waals surface area contributed by atoms with Crippen LogP contribution in [0.4, 0.5) is 0 Å². The van der Waals surface area contributed by atoms with Crippen LogP contribution < -0.4 is 0 Å². The maximum absolute atomic E-state index is 11.1. The van der Waals surface area contributed by atoms with E-state index in [1.165, 1.54) is 17.4 Å². The predicted octanol–water partition coefficient (Wildman–Crippen LogP) is 6.09. The molecule has 0 unspecified atom stereocenters. The van der Waals surface area contributed by atoms with Gasteiger partial charge in [-0.2, -0.15) is 13.5 Å². The molecule has 27 heavy (non-hydrogen) atoms. The lowest BCUT2D eigenvalue weighted by Gasteiger charge is -2.09. The molecule has 0 saturated heterocycles. The van der Waals surface area contributed by atoms with E-state index in [0.717, 1.165) is 25.3 Å². The van der Waals surface area contributed by atoms with Gasteiger partial charge in [-0.1, -0.05) is 30.1 Å². The van der Waals surface area contributed by atoms with Gasteiger partial charge < -0.3 is 0 Å². The molecule has 2 heterocycles. The number of thiophene rings is 1. The van der Waals surface area contributed by atoms with E-state index in [1.807, 2.05) is 19.1 Å². The molecule has 1 N–H and O–H groups in total. The lowest BCUT2D eigenvalue weighted by molar-refractivity contribution is 0.494. The van der Waals surface area contributed by atoms with E-state index in [1.54, 1.807) is 22.9 Å². The minimum absolute atomic E-state index is 0.412. The summed E-state index contributed by atoms with van der Waals surface area (Å²) in [5, 5.41) is 6.18. The summed E-state index contributed by atoms with van der Waals surface area (Å²) >= 11 is 17.4. The Morgan fingerprint density at radius 2 is 2.04 bits per heavy atom. The summed E-state index contributed by atoms with van der Waals surface area (Å²) in [5.41, 5.74) is 2.67. The van der Waals surface area contributed by atoms with Crippen molar-refractivity contribution in [3.63, 3.8) is 0 Å². The van der Waals surface area contributed by atoms with Crippen LogP contribution in [-0.2, 0) is 16.5 Å². The minimum atomic E-state index is -4.27. The monoisotopic (exact) mass is 506 g/mol. The van der Waals surface area contributed by atoms with Gasteiger partial charge in [-0.05, 0) is 58.8 Å². The molecule has 2 aromatic heterocycles. The van der Waals surface area contributed by atoms with Crippen LogP contribution in [0.5, 0.6) is 0 Å². The third kappa shape index (κ3) is 4.64. The van der Waals surface area contributed by atoms with Gasteiger partial charge in [-0.3, -0.25) is 4.55 Å². The van der Waals surface area contributed by atoms with Crippen molar-refractivity contribution in [3.8, 4) is 16.3 Å². The maximum Gasteiger partial charge on any atom is 0.287 e. The van der Waals surface area contributed by atoms with Crippen molar-refractivity contribution in [2.75, 3.05) is 0 Å². The summed E-state index contributed by atoms with van der Waals surface area (Å²) in [6.45, 7) is 1.95. The van der Waals surface area contributed by atoms with Crippen LogP contribution in [0.1, 0.15) is 18.2 Å². The molecule has 0 fully saturated rings. The number of halogens is 3. The van der Waals surface area contributed by atoms with Crippen molar-refractivity contribution in [2.45, 2.75) is 13.3 Å². The number of nitrogens with zero attached hydrogens (tertiary/aromatic N) is 2. The summed E-state index contributed by atoms with van der Waals surface area (Å²) < 4.78 is 33.9. The number of aromatic nitrogens is 2. The largest absolute Gasteiger partial charge is 0.287 e. The Labute approximate surface area is 179 Å². The normalized spacial score (nSPS) is 12.2. The molecule has 5 nitrogen and oxygen atoms in total. The Morgan fingerprint density at radius 1 is 1.30 bits per heavy atom. The topological polar surface area (TPSA) is 72.2 Å². The van der Waals surface area contributed by atoms with Crippen molar-refractivity contribution in [3.05, 3.63) is 60.8 Å². The highest BCUT2D eigenvalue weighted by atomic mass is 79.9. The van der Waals surface area contributed by atoms with Crippen LogP contribution in [0, 0.1) is 0 Å². The first-order valence-corrected chi connectivity index (χ1v) is 11.5. The highest BCUT2D eigenvalue weighted by Crippen LogP contribution is 2.38. The third-order valence-electron chi connectivity index (χ3n) is 3.71. The molecule has 0 aliphatic carbocycles. The quantitative estimate of drug-likeness (QED) is 0.424. The summed E-state index contributed by atoms with van der Waals surface area (Å²) in [5.74, 6) is 0. The molecule has 0 amide bonds. The van der Waals surface area contributed by atoms with Crippen LogP contribution in [0.25, 0.3) is 22.3 Å². The molecule has 1 aromatic carbocycles. The second-order valence-electron chi connectivity index (χ2n) is 5.49. The number of hydrogen-bond acceptors (Lipinski definition) is 4. The highest BCUT2D eigenvalue weighted by Gasteiger charge is 2.21. The molecule has 0 spiro atoms. The van der Waals surface area contributed by atoms with Gasteiger partial charge in [0.15, 0.2) is 0 Å². The molecular formula is C17H13BrCl2N2O3S2. The maximum atomic E-state index is 11.1. The summed E-state index contributed by atoms with van der Waals surface area (Å²) in [7, 11) is -4.27. The van der Waals surface area contributed by atoms with E-state index in [4.69, 9.17) is 27.8 Å². The fourth-order valence-corrected chi connectivity index (χ4v) is 4.86. The van der Waals surface area contributed by atoms with Gasteiger partial charge in [0, 0.05) is 10.6 Å². The first-order valence-electron chi connectivity index (χ1n) is 7.68. The van der Waals surface area contributed by atoms with Gasteiger partial charge in [-0.15, -0.1) is 11.3 Å². The van der Waals surface area contributed by atoms with E-state index < -0.39 is 10.1 Å². The zero-order chi connectivity index (χ0) is 19.8. The second-order valence-corrected chi connectivity index (χ2v) is 10.1. The van der Waals surface area contributed by atoms with Gasteiger partial charge in [0.25, 0.3) is 10.1 Å². The van der Waals surface area contributed by atoms with E-state index >= 15 is 0 Å². The van der Waals surface area contributed by atoms with Gasteiger partial charge in [0.05, 0.1) is 36.2 Å². The number of rotatable bonds is 5. The SMILES string of the molecule is CCc1c(/C=C/S(=O)(=O)O)nn(-c2ccc(Cl)cc2Cl)c1-c1ccc(Br)s1. The molecule has 142 valence electrons. The molecule has 0 bridgehead atoms. The van der Waals surface area contributed by atoms with Crippen molar-refractivity contribution in [1.82, 2.24) is 9.78 Å². The van der Waals surface area contributed by atoms with Gasteiger partial charge in [0.1, 0.15) is 0 Å². The molecule has 0 atom stereocenters. The van der Waals surface area contributed by atoms with Crippen LogP contribution in [0.3, 0.4) is 0 Å². The van der Waals surface area contributed by atoms with Crippen molar-refractivity contribution in [2.24, 2.45) is 0 Å². The fraction of sp³-hybridized carbons (Fsp3) is 0.118. The molecule has 0 saturated carbocycles. The molecule has 10 heteroatoms. The summed E-state index contributed by atoms with van der Waals surface area (Å²) in [6, 6.07) is 8.94. The van der Waals surface area contributed by atoms with E-state index in [9.17, 15) is 8.42 Å². The molecule has 0 radical (unpaired) electrons. The Kier molecular flexibility index (Phi) is 6.14. The number of benzene rings is 1. The van der Waals surface area contributed by atoms with Crippen LogP contribution in [-0.4, -0.2) is 22.8 Å². The van der Waals surface area contributed by atoms with E-state index in [2.05, 4.69) is 21.0 Å². The lowest BCUT2D eigenvalue weighted by Crippen LogP contribution is -2.00. The zero-order valence-corrected chi connectivity index (χ0v) is 18.6. The molecule has 0 aliphatic rings. The van der Waals surface area contributed by atoms with Gasteiger partial charge >= 0.3 is 0 Å². The first-order chi connectivity index (χ1) is 12.7. The average Bonchev–Trinajstić information content (AvgIpc) is 3.15. The average molecular weight is 508 g/mol. The molecule has 3 rings (SSSR count). The van der Waals surface area contributed by atoms with E-state index in [-0.39, 0.29) is 0 Å². The van der Waals surface area contributed by atoms with E-state index in [0.29, 0.717) is 27.8 Å². The van der Waals surface area contributed by atoms with Crippen molar-refractivity contribution in [1.29, 1.82) is 0 Å². The Balaban J connectivity index is 2.31. The second kappa shape index (κ2) is 8.06. The smallest absolute Gasteiger partial charge is 0.282 e. The lowest BCUT2D eigenvalue weighted by atomic mass is 10.1. The third-order valence-corrected chi connectivity index (χ3v) is 6.36. The first kappa shape index (κ1) is 20.6. The standard InChI is InChI=1S/C17H13BrCl2N2O3S2/c1-2-11-13(7-8-27(23,24)25)21-22(14-4-3-10(19)9-12(14)20)17(11)15-5-6-16(18)26-15/h3-9H,2H2,1H3,(H,23,24,25)/b8-7+.